The molecular formula is C33H41Cl3N10O4. The standard InChI is InChI=1S/C33H40Cl2N10O4.ClH/c1-17-13-21(5-6-25(17)45(11-8-34)12-9-35)30(46)42-22-14-40-28(19(22)3)32(48)44-24-16-41-29(20(24)4)33(49)43-23-15-39-27(18(23)2)31(47)38-10-7-26(36)37;/h5-6,13-16,39-41H,7-12H2,1-4H3,(H3,36,37)(H,38,47)(H,42,46)(H,43,49)(H,44,48);1H. The first-order valence-electron chi connectivity index (χ1n) is 15.4. The van der Waals surface area contributed by atoms with Crippen LogP contribution < -0.4 is 31.9 Å². The lowest BCUT2D eigenvalue weighted by Crippen LogP contribution is -2.28. The van der Waals surface area contributed by atoms with Crippen LogP contribution in [0.5, 0.6) is 0 Å². The molecule has 1 aromatic carbocycles. The van der Waals surface area contributed by atoms with E-state index in [1.54, 1.807) is 39.1 Å². The van der Waals surface area contributed by atoms with E-state index in [0.717, 1.165) is 11.3 Å². The summed E-state index contributed by atoms with van der Waals surface area (Å²) in [5.41, 5.74) is 11.2. The zero-order valence-corrected chi connectivity index (χ0v) is 30.4. The van der Waals surface area contributed by atoms with Crippen LogP contribution in [0.1, 0.15) is 70.5 Å². The quantitative estimate of drug-likeness (QED) is 0.0439. The fourth-order valence-corrected chi connectivity index (χ4v) is 5.66. The highest BCUT2D eigenvalue weighted by molar-refractivity contribution is 6.18. The van der Waals surface area contributed by atoms with Crippen LogP contribution in [-0.4, -0.2) is 75.8 Å². The van der Waals surface area contributed by atoms with Gasteiger partial charge in [0.1, 0.15) is 17.1 Å². The molecule has 4 amide bonds. The maximum atomic E-state index is 13.2. The maximum absolute atomic E-state index is 13.2. The third kappa shape index (κ3) is 9.20. The average Bonchev–Trinajstić information content (AvgIpc) is 3.73. The predicted molar refractivity (Wildman–Crippen MR) is 201 cm³/mol. The summed E-state index contributed by atoms with van der Waals surface area (Å²) in [6.07, 6.45) is 4.79. The molecule has 0 spiro atoms. The number of nitrogens with one attached hydrogen (secondary N) is 8. The van der Waals surface area contributed by atoms with E-state index in [1.807, 2.05) is 13.0 Å². The molecule has 0 saturated carbocycles. The fourth-order valence-electron chi connectivity index (χ4n) is 5.26. The number of rotatable bonds is 15. The van der Waals surface area contributed by atoms with Gasteiger partial charge < -0.3 is 46.9 Å². The molecule has 3 heterocycles. The second-order valence-corrected chi connectivity index (χ2v) is 12.1. The number of amidine groups is 1. The van der Waals surface area contributed by atoms with Gasteiger partial charge in [0.05, 0.1) is 22.9 Å². The van der Waals surface area contributed by atoms with Gasteiger partial charge in [0.15, 0.2) is 0 Å². The van der Waals surface area contributed by atoms with Gasteiger partial charge in [-0.25, -0.2) is 0 Å². The molecule has 50 heavy (non-hydrogen) atoms. The lowest BCUT2D eigenvalue weighted by atomic mass is 10.1. The van der Waals surface area contributed by atoms with Crippen molar-refractivity contribution >= 4 is 87.8 Å². The first kappa shape index (κ1) is 39.5. The summed E-state index contributed by atoms with van der Waals surface area (Å²) in [5, 5.41) is 18.4. The summed E-state index contributed by atoms with van der Waals surface area (Å²) in [5.74, 6) is -0.797. The molecule has 4 aromatic rings. The van der Waals surface area contributed by atoms with Gasteiger partial charge >= 0.3 is 0 Å². The smallest absolute Gasteiger partial charge is 0.272 e. The van der Waals surface area contributed by atoms with Gasteiger partial charge in [0.2, 0.25) is 0 Å². The van der Waals surface area contributed by atoms with E-state index in [4.69, 9.17) is 34.3 Å². The van der Waals surface area contributed by atoms with Gasteiger partial charge in [0, 0.05) is 84.3 Å². The molecule has 10 N–H and O–H groups in total. The molecule has 0 saturated heterocycles. The third-order valence-electron chi connectivity index (χ3n) is 8.03. The van der Waals surface area contributed by atoms with Crippen molar-refractivity contribution in [2.75, 3.05) is 52.2 Å². The number of halogens is 3. The maximum Gasteiger partial charge on any atom is 0.272 e. The number of amides is 4. The van der Waals surface area contributed by atoms with Crippen LogP contribution >= 0.6 is 35.6 Å². The molecule has 0 atom stereocenters. The van der Waals surface area contributed by atoms with Gasteiger partial charge in [0.25, 0.3) is 23.6 Å². The Labute approximate surface area is 305 Å². The first-order chi connectivity index (χ1) is 23.4. The van der Waals surface area contributed by atoms with Crippen molar-refractivity contribution in [1.82, 2.24) is 20.3 Å². The van der Waals surface area contributed by atoms with E-state index >= 15 is 0 Å². The van der Waals surface area contributed by atoms with Crippen molar-refractivity contribution in [3.05, 3.63) is 81.7 Å². The lowest BCUT2D eigenvalue weighted by Gasteiger charge is -2.25. The number of hydrogen-bond acceptors (Lipinski definition) is 6. The van der Waals surface area contributed by atoms with Gasteiger partial charge in [-0.05, 0) is 51.5 Å². The Hall–Kier alpha value is -4.92. The molecule has 0 fully saturated rings. The van der Waals surface area contributed by atoms with E-state index < -0.39 is 11.8 Å². The fraction of sp³-hybridized carbons (Fsp3) is 0.303. The summed E-state index contributed by atoms with van der Waals surface area (Å²) in [6.45, 7) is 8.48. The van der Waals surface area contributed by atoms with Crippen LogP contribution in [0.25, 0.3) is 0 Å². The predicted octanol–water partition coefficient (Wildman–Crippen LogP) is 5.42. The third-order valence-corrected chi connectivity index (χ3v) is 8.37. The zero-order valence-electron chi connectivity index (χ0n) is 28.0. The molecule has 0 aliphatic carbocycles. The van der Waals surface area contributed by atoms with E-state index in [0.29, 0.717) is 64.2 Å². The van der Waals surface area contributed by atoms with Crippen molar-refractivity contribution in [3.8, 4) is 0 Å². The van der Waals surface area contributed by atoms with Crippen LogP contribution in [0.4, 0.5) is 22.7 Å². The molecule has 17 heteroatoms. The van der Waals surface area contributed by atoms with Crippen molar-refractivity contribution in [1.29, 1.82) is 5.41 Å². The molecule has 14 nitrogen and oxygen atoms in total. The number of alkyl halides is 2. The molecule has 0 aliphatic heterocycles. The zero-order chi connectivity index (χ0) is 35.8. The highest BCUT2D eigenvalue weighted by Crippen LogP contribution is 2.26. The number of H-pyrrole nitrogens is 3. The van der Waals surface area contributed by atoms with E-state index in [-0.39, 0.29) is 60.1 Å². The van der Waals surface area contributed by atoms with E-state index in [9.17, 15) is 19.2 Å². The monoisotopic (exact) mass is 746 g/mol. The number of nitrogens with zero attached hydrogens (tertiary/aromatic N) is 1. The van der Waals surface area contributed by atoms with Gasteiger partial charge in [-0.15, -0.1) is 35.6 Å². The Balaban J connectivity index is 0.00000676. The number of benzene rings is 1. The number of nitrogens with two attached hydrogens (primary N) is 1. The number of aromatic nitrogens is 3. The van der Waals surface area contributed by atoms with E-state index in [1.165, 1.54) is 12.4 Å². The topological polar surface area (TPSA) is 217 Å². The minimum absolute atomic E-state index is 0. The van der Waals surface area contributed by atoms with Crippen molar-refractivity contribution in [2.24, 2.45) is 5.73 Å². The molecular weight excluding hydrogens is 707 g/mol. The number of anilines is 4. The Bertz CT molecular complexity index is 1870. The Morgan fingerprint density at radius 3 is 1.60 bits per heavy atom. The Morgan fingerprint density at radius 1 is 0.740 bits per heavy atom. The molecule has 0 unspecified atom stereocenters. The molecule has 0 bridgehead atoms. The summed E-state index contributed by atoms with van der Waals surface area (Å²) >= 11 is 11.9. The number of aryl methyl sites for hydroxylation is 1. The lowest BCUT2D eigenvalue weighted by molar-refractivity contribution is 0.0947. The molecule has 0 aliphatic rings. The van der Waals surface area contributed by atoms with Crippen LogP contribution in [0.2, 0.25) is 0 Å². The second-order valence-electron chi connectivity index (χ2n) is 11.4. The average molecular weight is 748 g/mol. The largest absolute Gasteiger partial charge is 0.388 e. The molecule has 268 valence electrons. The van der Waals surface area contributed by atoms with Gasteiger partial charge in [-0.1, -0.05) is 0 Å². The van der Waals surface area contributed by atoms with Crippen molar-refractivity contribution in [2.45, 2.75) is 34.1 Å². The Kier molecular flexibility index (Phi) is 14.0. The number of carbonyl (C=O) groups is 4. The van der Waals surface area contributed by atoms with E-state index in [2.05, 4.69) is 41.1 Å². The molecule has 3 aromatic heterocycles. The first-order valence-corrected chi connectivity index (χ1v) is 16.5. The summed E-state index contributed by atoms with van der Waals surface area (Å²) in [7, 11) is 0. The number of hydrogen-bond donors (Lipinski definition) is 9. The van der Waals surface area contributed by atoms with Crippen LogP contribution in [0.15, 0.2) is 36.8 Å². The highest BCUT2D eigenvalue weighted by atomic mass is 35.5. The van der Waals surface area contributed by atoms with Gasteiger partial charge in [-0.2, -0.15) is 0 Å². The number of carbonyl (C=O) groups excluding carboxylic acids is 4. The highest BCUT2D eigenvalue weighted by Gasteiger charge is 2.22. The summed E-state index contributed by atoms with van der Waals surface area (Å²) < 4.78 is 0. The van der Waals surface area contributed by atoms with Crippen LogP contribution in [0.3, 0.4) is 0 Å². The minimum Gasteiger partial charge on any atom is -0.388 e. The normalized spacial score (nSPS) is 10.6. The van der Waals surface area contributed by atoms with Gasteiger partial charge in [-0.3, -0.25) is 24.6 Å². The minimum atomic E-state index is -0.473. The number of aromatic amines is 3. The van der Waals surface area contributed by atoms with Crippen molar-refractivity contribution < 1.29 is 19.2 Å². The van der Waals surface area contributed by atoms with Crippen molar-refractivity contribution in [3.63, 3.8) is 0 Å². The second kappa shape index (κ2) is 17.7. The summed E-state index contributed by atoms with van der Waals surface area (Å²) in [4.78, 5) is 62.7. The van der Waals surface area contributed by atoms with Crippen LogP contribution in [0, 0.1) is 33.1 Å². The van der Waals surface area contributed by atoms with Crippen LogP contribution in [-0.2, 0) is 0 Å². The Morgan fingerprint density at radius 2 is 1.18 bits per heavy atom. The summed E-state index contributed by atoms with van der Waals surface area (Å²) in [6, 6.07) is 5.40. The molecule has 4 rings (SSSR count). The SMILES string of the molecule is Cc1cc(C(=O)Nc2c[nH]c(C(=O)Nc3c[nH]c(C(=O)Nc4c[nH]c(C(=O)NCCC(=N)N)c4C)c3C)c2C)ccc1N(CCCl)CCCl.Cl. The molecule has 0 radical (unpaired) electrons.